The van der Waals surface area contributed by atoms with Crippen LogP contribution in [0.15, 0.2) is 47.5 Å². The van der Waals surface area contributed by atoms with Crippen molar-refractivity contribution in [2.75, 3.05) is 11.9 Å². The average molecular weight is 450 g/mol. The molecule has 2 unspecified atom stereocenters. The van der Waals surface area contributed by atoms with Gasteiger partial charge in [0, 0.05) is 18.2 Å². The predicted octanol–water partition coefficient (Wildman–Crippen LogP) is 1.42. The number of nitrogens with two attached hydrogens (primary N) is 2. The second kappa shape index (κ2) is 10.9. The molecule has 2 amide bonds. The van der Waals surface area contributed by atoms with Gasteiger partial charge in [0.25, 0.3) is 6.47 Å². The minimum absolute atomic E-state index is 0.0384. The molecule has 0 bridgehead atoms. The van der Waals surface area contributed by atoms with Gasteiger partial charge in [-0.15, -0.1) is 0 Å². The highest BCUT2D eigenvalue weighted by Gasteiger charge is 2.34. The van der Waals surface area contributed by atoms with E-state index in [1.165, 1.54) is 12.1 Å². The maximum absolute atomic E-state index is 13.5. The van der Waals surface area contributed by atoms with Gasteiger partial charge < -0.3 is 27.2 Å². The summed E-state index contributed by atoms with van der Waals surface area (Å²) in [6.07, 6.45) is 0.669. The third-order valence-corrected chi connectivity index (χ3v) is 4.83. The van der Waals surface area contributed by atoms with Crippen LogP contribution in [0, 0.1) is 11.7 Å². The number of hydrogen-bond acceptors (Lipinski definition) is 4. The van der Waals surface area contributed by atoms with Gasteiger partial charge in [0.15, 0.2) is 5.96 Å². The summed E-state index contributed by atoms with van der Waals surface area (Å²) in [7, 11) is 0. The van der Waals surface area contributed by atoms with Crippen LogP contribution in [0.4, 0.5) is 10.1 Å². The Morgan fingerprint density at radius 2 is 1.90 bits per heavy atom. The fraction of sp³-hybridized carbons (Fsp3) is 0.200. The lowest BCUT2D eigenvalue weighted by Gasteiger charge is -2.20. The third kappa shape index (κ3) is 6.41. The minimum atomic E-state index is -0.910. The quantitative estimate of drug-likeness (QED) is 0.205. The van der Waals surface area contributed by atoms with E-state index in [1.54, 1.807) is 0 Å². The highest BCUT2D eigenvalue weighted by atomic mass is 35.5. The number of amides is 2. The number of nitrogens with zero attached hydrogens (tertiary/aromatic N) is 1. The number of anilines is 1. The van der Waals surface area contributed by atoms with E-state index in [0.29, 0.717) is 13.0 Å². The van der Waals surface area contributed by atoms with Crippen molar-refractivity contribution in [3.63, 3.8) is 0 Å². The van der Waals surface area contributed by atoms with E-state index in [0.717, 1.165) is 17.2 Å². The number of nitrogens with one attached hydrogen (secondary N) is 2. The van der Waals surface area contributed by atoms with E-state index in [1.807, 2.05) is 24.3 Å². The molecule has 31 heavy (non-hydrogen) atoms. The number of rotatable bonds is 4. The van der Waals surface area contributed by atoms with E-state index < -0.39 is 23.7 Å². The van der Waals surface area contributed by atoms with Crippen molar-refractivity contribution < 1.29 is 23.9 Å². The Morgan fingerprint density at radius 3 is 2.55 bits per heavy atom. The number of halogens is 2. The highest BCUT2D eigenvalue weighted by molar-refractivity contribution is 6.39. The zero-order valence-corrected chi connectivity index (χ0v) is 17.0. The second-order valence-corrected chi connectivity index (χ2v) is 6.98. The number of carbonyl (C=O) groups excluding carboxylic acids is 2. The standard InChI is InChI=1S/C19H19ClFN5O2.CH2O2/c20-14-6-5-12(8-15(14)21)25-17(27)18(28)26-16-11(9-24-19(22)23)7-10-3-1-2-4-13(10)16;2-1-3/h1-6,8,11,16H,7,9H2,(H,25,27)(H,26,28)(H4,22,23,24);1H,(H,2,3). The van der Waals surface area contributed by atoms with Gasteiger partial charge in [-0.1, -0.05) is 35.9 Å². The molecular weight excluding hydrogens is 429 g/mol. The molecule has 0 fully saturated rings. The Hall–Kier alpha value is -3.66. The first kappa shape index (κ1) is 23.6. The van der Waals surface area contributed by atoms with Gasteiger partial charge >= 0.3 is 11.8 Å². The smallest absolute Gasteiger partial charge is 0.313 e. The number of carbonyl (C=O) groups is 3. The van der Waals surface area contributed by atoms with Crippen LogP contribution in [0.3, 0.4) is 0 Å². The zero-order valence-electron chi connectivity index (χ0n) is 16.2. The van der Waals surface area contributed by atoms with Gasteiger partial charge in [-0.25, -0.2) is 4.39 Å². The minimum Gasteiger partial charge on any atom is -0.483 e. The molecule has 0 saturated heterocycles. The first-order valence-corrected chi connectivity index (χ1v) is 9.42. The number of hydrogen-bond donors (Lipinski definition) is 5. The lowest BCUT2D eigenvalue weighted by atomic mass is 10.0. The van der Waals surface area contributed by atoms with Crippen LogP contribution in [-0.2, 0) is 20.8 Å². The molecule has 164 valence electrons. The van der Waals surface area contributed by atoms with Crippen LogP contribution < -0.4 is 22.1 Å². The Bertz CT molecular complexity index is 997. The molecular formula is C20H21ClFN5O4. The van der Waals surface area contributed by atoms with E-state index in [9.17, 15) is 14.0 Å². The molecule has 0 aromatic heterocycles. The first-order valence-electron chi connectivity index (χ1n) is 9.04. The molecule has 1 aliphatic carbocycles. The molecule has 3 rings (SSSR count). The molecule has 0 radical (unpaired) electrons. The SMILES string of the molecule is NC(N)=NCC1Cc2ccccc2C1NC(=O)C(=O)Nc1ccc(Cl)c(F)c1.O=CO. The molecule has 2 atom stereocenters. The van der Waals surface area contributed by atoms with Crippen LogP contribution in [-0.4, -0.2) is 35.9 Å². The van der Waals surface area contributed by atoms with Crippen LogP contribution in [0.1, 0.15) is 17.2 Å². The summed E-state index contributed by atoms with van der Waals surface area (Å²) in [6, 6.07) is 10.9. The molecule has 2 aromatic rings. The first-order chi connectivity index (χ1) is 14.8. The Morgan fingerprint density at radius 1 is 1.23 bits per heavy atom. The van der Waals surface area contributed by atoms with Gasteiger partial charge in [-0.2, -0.15) is 0 Å². The molecule has 2 aromatic carbocycles. The Kier molecular flexibility index (Phi) is 8.33. The summed E-state index contributed by atoms with van der Waals surface area (Å²) < 4.78 is 13.5. The molecule has 1 aliphatic rings. The number of carboxylic acid groups (broad SMARTS) is 1. The van der Waals surface area contributed by atoms with E-state index in [2.05, 4.69) is 15.6 Å². The summed E-state index contributed by atoms with van der Waals surface area (Å²) in [6.45, 7) is 0.0615. The number of aliphatic imine (C=N–C) groups is 1. The van der Waals surface area contributed by atoms with Crippen LogP contribution in [0.2, 0.25) is 5.02 Å². The lowest BCUT2D eigenvalue weighted by Crippen LogP contribution is -2.40. The van der Waals surface area contributed by atoms with Crippen LogP contribution in [0.5, 0.6) is 0 Å². The molecule has 0 saturated carbocycles. The summed E-state index contributed by atoms with van der Waals surface area (Å²) in [4.78, 5) is 37.1. The van der Waals surface area contributed by atoms with E-state index in [-0.39, 0.29) is 29.1 Å². The lowest BCUT2D eigenvalue weighted by molar-refractivity contribution is -0.136. The van der Waals surface area contributed by atoms with Crippen molar-refractivity contribution in [1.29, 1.82) is 0 Å². The predicted molar refractivity (Wildman–Crippen MR) is 114 cm³/mol. The zero-order chi connectivity index (χ0) is 23.0. The average Bonchev–Trinajstić information content (AvgIpc) is 3.07. The van der Waals surface area contributed by atoms with Crippen molar-refractivity contribution >= 4 is 41.5 Å². The molecule has 0 spiro atoms. The van der Waals surface area contributed by atoms with Crippen molar-refractivity contribution in [2.24, 2.45) is 22.4 Å². The molecule has 11 heteroatoms. The summed E-state index contributed by atoms with van der Waals surface area (Å²) in [5, 5.41) is 11.9. The normalized spacial score (nSPS) is 16.2. The molecule has 0 heterocycles. The second-order valence-electron chi connectivity index (χ2n) is 6.57. The van der Waals surface area contributed by atoms with Crippen LogP contribution >= 0.6 is 11.6 Å². The third-order valence-electron chi connectivity index (χ3n) is 4.52. The Balaban J connectivity index is 0.00000107. The van der Waals surface area contributed by atoms with Gasteiger partial charge in [-0.3, -0.25) is 19.4 Å². The maximum atomic E-state index is 13.5. The van der Waals surface area contributed by atoms with Crippen LogP contribution in [0.25, 0.3) is 0 Å². The Labute approximate surface area is 182 Å². The number of guanidine groups is 1. The molecule has 7 N–H and O–H groups in total. The largest absolute Gasteiger partial charge is 0.483 e. The summed E-state index contributed by atoms with van der Waals surface area (Å²) in [5.41, 5.74) is 12.9. The highest BCUT2D eigenvalue weighted by Crippen LogP contribution is 2.36. The summed E-state index contributed by atoms with van der Waals surface area (Å²) >= 11 is 5.61. The fourth-order valence-electron chi connectivity index (χ4n) is 3.23. The van der Waals surface area contributed by atoms with Gasteiger partial charge in [0.2, 0.25) is 0 Å². The molecule has 0 aliphatic heterocycles. The van der Waals surface area contributed by atoms with Gasteiger partial charge in [-0.05, 0) is 35.7 Å². The van der Waals surface area contributed by atoms with E-state index >= 15 is 0 Å². The van der Waals surface area contributed by atoms with Gasteiger partial charge in [0.05, 0.1) is 11.1 Å². The monoisotopic (exact) mass is 449 g/mol. The van der Waals surface area contributed by atoms with Crippen molar-refractivity contribution in [2.45, 2.75) is 12.5 Å². The van der Waals surface area contributed by atoms with Gasteiger partial charge in [0.1, 0.15) is 5.82 Å². The number of fused-ring (bicyclic) bond motifs is 1. The number of benzene rings is 2. The maximum Gasteiger partial charge on any atom is 0.313 e. The fourth-order valence-corrected chi connectivity index (χ4v) is 3.35. The van der Waals surface area contributed by atoms with Crippen molar-refractivity contribution in [1.82, 2.24) is 5.32 Å². The summed E-state index contributed by atoms with van der Waals surface area (Å²) in [5.74, 6) is -2.58. The molecule has 9 nitrogen and oxygen atoms in total. The van der Waals surface area contributed by atoms with Crippen molar-refractivity contribution in [3.05, 3.63) is 64.4 Å². The van der Waals surface area contributed by atoms with Crippen molar-refractivity contribution in [3.8, 4) is 0 Å². The topological polar surface area (TPSA) is 160 Å². The van der Waals surface area contributed by atoms with E-state index in [4.69, 9.17) is 33.0 Å².